The fourth-order valence-corrected chi connectivity index (χ4v) is 5.83. The van der Waals surface area contributed by atoms with Gasteiger partial charge in [-0.15, -0.1) is 5.10 Å². The molecule has 3 aromatic carbocycles. The highest BCUT2D eigenvalue weighted by Crippen LogP contribution is 2.29. The third kappa shape index (κ3) is 7.10. The van der Waals surface area contributed by atoms with Crippen LogP contribution in [0.25, 0.3) is 11.3 Å². The molecule has 0 atom stereocenters. The predicted octanol–water partition coefficient (Wildman–Crippen LogP) is 6.73. The number of nitrogens with one attached hydrogen (secondary N) is 1. The zero-order chi connectivity index (χ0) is 32.5. The fraction of sp³-hybridized carbons (Fsp3) is 0.371. The summed E-state index contributed by atoms with van der Waals surface area (Å²) >= 11 is 0. The SMILES string of the molecule is Cc1cc(C(C)(C)C)cc(C)c1CCNC(=O)c1cccc(C(=O)N2CCC(n3cc(-c4cc(F)c(F)cc4F)nn3)CC2)c1. The van der Waals surface area contributed by atoms with Crippen LogP contribution in [0.5, 0.6) is 0 Å². The van der Waals surface area contributed by atoms with Crippen LogP contribution in [0, 0.1) is 31.3 Å². The van der Waals surface area contributed by atoms with E-state index in [1.54, 1.807) is 33.8 Å². The normalized spacial score (nSPS) is 14.1. The molecule has 45 heavy (non-hydrogen) atoms. The number of carbonyl (C=O) groups excluding carboxylic acids is 2. The Bertz CT molecular complexity index is 1710. The third-order valence-corrected chi connectivity index (χ3v) is 8.52. The number of rotatable bonds is 7. The quantitative estimate of drug-likeness (QED) is 0.234. The molecule has 0 radical (unpaired) electrons. The van der Waals surface area contributed by atoms with Gasteiger partial charge in [0.05, 0.1) is 12.2 Å². The summed E-state index contributed by atoms with van der Waals surface area (Å²) in [6.07, 6.45) is 3.36. The van der Waals surface area contributed by atoms with E-state index in [9.17, 15) is 22.8 Å². The summed E-state index contributed by atoms with van der Waals surface area (Å²) in [5.41, 5.74) is 5.81. The van der Waals surface area contributed by atoms with Gasteiger partial charge in [-0.3, -0.25) is 9.59 Å². The van der Waals surface area contributed by atoms with Crippen molar-refractivity contribution in [3.8, 4) is 11.3 Å². The van der Waals surface area contributed by atoms with Crippen LogP contribution in [0.1, 0.15) is 82.6 Å². The van der Waals surface area contributed by atoms with Gasteiger partial charge in [-0.25, -0.2) is 17.9 Å². The van der Waals surface area contributed by atoms with E-state index < -0.39 is 17.5 Å². The topological polar surface area (TPSA) is 80.1 Å². The van der Waals surface area contributed by atoms with E-state index in [1.807, 2.05) is 0 Å². The Morgan fingerprint density at radius 3 is 2.22 bits per heavy atom. The Hall–Kier alpha value is -4.47. The summed E-state index contributed by atoms with van der Waals surface area (Å²) in [7, 11) is 0. The molecular formula is C35H38F3N5O2. The third-order valence-electron chi connectivity index (χ3n) is 8.52. The molecule has 1 fully saturated rings. The first-order valence-electron chi connectivity index (χ1n) is 15.2. The van der Waals surface area contributed by atoms with Crippen molar-refractivity contribution < 1.29 is 22.8 Å². The number of carbonyl (C=O) groups is 2. The summed E-state index contributed by atoms with van der Waals surface area (Å²) in [6.45, 7) is 12.2. The van der Waals surface area contributed by atoms with Crippen LogP contribution in [0.15, 0.2) is 54.7 Å². The Morgan fingerprint density at radius 1 is 0.911 bits per heavy atom. The second-order valence-corrected chi connectivity index (χ2v) is 12.8. The number of amides is 2. The molecule has 1 aliphatic heterocycles. The van der Waals surface area contributed by atoms with Gasteiger partial charge in [0.15, 0.2) is 11.6 Å². The zero-order valence-corrected chi connectivity index (χ0v) is 26.3. The summed E-state index contributed by atoms with van der Waals surface area (Å²) in [5, 5.41) is 11.0. The molecule has 5 rings (SSSR count). The fourth-order valence-electron chi connectivity index (χ4n) is 5.83. The molecule has 4 aromatic rings. The van der Waals surface area contributed by atoms with Gasteiger partial charge in [0, 0.05) is 42.4 Å². The molecule has 7 nitrogen and oxygen atoms in total. The molecule has 0 bridgehead atoms. The minimum atomic E-state index is -1.27. The molecule has 2 amide bonds. The Balaban J connectivity index is 1.16. The van der Waals surface area contributed by atoms with Crippen molar-refractivity contribution in [3.05, 3.63) is 106 Å². The van der Waals surface area contributed by atoms with Crippen molar-refractivity contribution in [2.45, 2.75) is 65.3 Å². The number of likely N-dealkylation sites (tertiary alicyclic amines) is 1. The van der Waals surface area contributed by atoms with Gasteiger partial charge in [0.1, 0.15) is 11.5 Å². The Labute approximate surface area is 261 Å². The van der Waals surface area contributed by atoms with E-state index in [0.717, 1.165) is 6.07 Å². The number of nitrogens with zero attached hydrogens (tertiary/aromatic N) is 4. The average molecular weight is 618 g/mol. The van der Waals surface area contributed by atoms with Crippen molar-refractivity contribution in [1.82, 2.24) is 25.2 Å². The predicted molar refractivity (Wildman–Crippen MR) is 167 cm³/mol. The maximum atomic E-state index is 14.2. The van der Waals surface area contributed by atoms with Crippen LogP contribution in [-0.2, 0) is 11.8 Å². The van der Waals surface area contributed by atoms with Crippen LogP contribution in [0.4, 0.5) is 13.2 Å². The molecule has 236 valence electrons. The maximum Gasteiger partial charge on any atom is 0.253 e. The number of hydrogen-bond acceptors (Lipinski definition) is 4. The average Bonchev–Trinajstić information content (AvgIpc) is 3.49. The lowest BCUT2D eigenvalue weighted by Gasteiger charge is -2.32. The zero-order valence-electron chi connectivity index (χ0n) is 26.3. The Kier molecular flexibility index (Phi) is 9.13. The summed E-state index contributed by atoms with van der Waals surface area (Å²) in [4.78, 5) is 28.0. The van der Waals surface area contributed by atoms with Gasteiger partial charge in [0.2, 0.25) is 0 Å². The largest absolute Gasteiger partial charge is 0.352 e. The molecule has 0 spiro atoms. The summed E-state index contributed by atoms with van der Waals surface area (Å²) < 4.78 is 42.8. The first-order chi connectivity index (χ1) is 21.3. The molecule has 1 aromatic heterocycles. The van der Waals surface area contributed by atoms with Gasteiger partial charge in [0.25, 0.3) is 11.8 Å². The van der Waals surface area contributed by atoms with Crippen LogP contribution in [-0.4, -0.2) is 51.3 Å². The van der Waals surface area contributed by atoms with Gasteiger partial charge in [-0.05, 0) is 85.0 Å². The van der Waals surface area contributed by atoms with Gasteiger partial charge in [-0.1, -0.05) is 44.2 Å². The highest BCUT2D eigenvalue weighted by molar-refractivity contribution is 5.99. The smallest absolute Gasteiger partial charge is 0.253 e. The van der Waals surface area contributed by atoms with Crippen molar-refractivity contribution >= 4 is 11.8 Å². The monoisotopic (exact) mass is 617 g/mol. The molecule has 1 saturated heterocycles. The van der Waals surface area contributed by atoms with Crippen LogP contribution >= 0.6 is 0 Å². The van der Waals surface area contributed by atoms with Crippen LogP contribution in [0.2, 0.25) is 0 Å². The van der Waals surface area contributed by atoms with E-state index in [-0.39, 0.29) is 34.5 Å². The number of aryl methyl sites for hydroxylation is 2. The maximum absolute atomic E-state index is 14.2. The highest BCUT2D eigenvalue weighted by atomic mass is 19.2. The van der Waals surface area contributed by atoms with Gasteiger partial charge >= 0.3 is 0 Å². The molecule has 2 heterocycles. The number of halogens is 3. The second-order valence-electron chi connectivity index (χ2n) is 12.8. The highest BCUT2D eigenvalue weighted by Gasteiger charge is 2.26. The first-order valence-corrected chi connectivity index (χ1v) is 15.2. The molecule has 1 N–H and O–H groups in total. The minimum absolute atomic E-state index is 0.0683. The molecule has 0 aliphatic carbocycles. The summed E-state index contributed by atoms with van der Waals surface area (Å²) in [5.74, 6) is -3.76. The van der Waals surface area contributed by atoms with E-state index in [2.05, 4.69) is 62.4 Å². The van der Waals surface area contributed by atoms with Crippen molar-refractivity contribution in [1.29, 1.82) is 0 Å². The van der Waals surface area contributed by atoms with Crippen molar-refractivity contribution in [2.75, 3.05) is 19.6 Å². The lowest BCUT2D eigenvalue weighted by atomic mass is 9.83. The Morgan fingerprint density at radius 2 is 1.56 bits per heavy atom. The van der Waals surface area contributed by atoms with Crippen molar-refractivity contribution in [2.24, 2.45) is 0 Å². The van der Waals surface area contributed by atoms with E-state index in [0.29, 0.717) is 56.1 Å². The van der Waals surface area contributed by atoms with Gasteiger partial charge in [-0.2, -0.15) is 0 Å². The second kappa shape index (κ2) is 12.9. The number of hydrogen-bond donors (Lipinski definition) is 1. The summed E-state index contributed by atoms with van der Waals surface area (Å²) in [6, 6.07) is 12.3. The molecule has 10 heteroatoms. The molecule has 0 saturated carbocycles. The number of aromatic nitrogens is 3. The van der Waals surface area contributed by atoms with Crippen LogP contribution in [0.3, 0.4) is 0 Å². The lowest BCUT2D eigenvalue weighted by Crippen LogP contribution is -2.39. The van der Waals surface area contributed by atoms with Crippen molar-refractivity contribution in [3.63, 3.8) is 0 Å². The number of benzene rings is 3. The molecular weight excluding hydrogens is 579 g/mol. The molecule has 0 unspecified atom stereocenters. The van der Waals surface area contributed by atoms with E-state index in [4.69, 9.17) is 0 Å². The standard InChI is InChI=1S/C35H38F3N5O2/c1-21-15-25(35(3,4)5)16-22(2)27(21)9-12-39-33(44)23-7-6-8-24(17-23)34(45)42-13-10-26(11-14-42)43-20-32(40-41-43)28-18-30(37)31(38)19-29(28)36/h6-8,15-20,26H,9-14H2,1-5H3,(H,39,44). The first kappa shape index (κ1) is 31.9. The van der Waals surface area contributed by atoms with E-state index in [1.165, 1.54) is 28.5 Å². The van der Waals surface area contributed by atoms with Crippen LogP contribution < -0.4 is 5.32 Å². The van der Waals surface area contributed by atoms with Gasteiger partial charge < -0.3 is 10.2 Å². The lowest BCUT2D eigenvalue weighted by molar-refractivity contribution is 0.0689. The molecule has 1 aliphatic rings. The number of piperidine rings is 1. The minimum Gasteiger partial charge on any atom is -0.352 e. The van der Waals surface area contributed by atoms with E-state index >= 15 is 0 Å².